The lowest BCUT2D eigenvalue weighted by molar-refractivity contribution is -0.121. The second-order valence-corrected chi connectivity index (χ2v) is 8.44. The third-order valence-corrected chi connectivity index (χ3v) is 6.68. The Morgan fingerprint density at radius 1 is 1.25 bits per heavy atom. The van der Waals surface area contributed by atoms with Crippen LogP contribution in [-0.4, -0.2) is 82.1 Å². The molecular formula is C15H29N5O3S. The summed E-state index contributed by atoms with van der Waals surface area (Å²) in [6.45, 7) is 3.39. The van der Waals surface area contributed by atoms with Crippen molar-refractivity contribution in [1.29, 1.82) is 0 Å². The highest BCUT2D eigenvalue weighted by atomic mass is 32.2. The molecule has 2 fully saturated rings. The van der Waals surface area contributed by atoms with Gasteiger partial charge in [0.15, 0.2) is 5.96 Å². The summed E-state index contributed by atoms with van der Waals surface area (Å²) in [5.74, 6) is 1.60. The van der Waals surface area contributed by atoms with Crippen LogP contribution in [0.2, 0.25) is 0 Å². The van der Waals surface area contributed by atoms with Gasteiger partial charge < -0.3 is 15.5 Å². The smallest absolute Gasteiger partial charge is 0.220 e. The molecule has 0 aliphatic carbocycles. The molecular weight excluding hydrogens is 330 g/mol. The van der Waals surface area contributed by atoms with Crippen LogP contribution in [-0.2, 0) is 14.8 Å². The molecule has 0 aromatic rings. The highest BCUT2D eigenvalue weighted by Gasteiger charge is 2.28. The summed E-state index contributed by atoms with van der Waals surface area (Å²) in [5, 5.41) is 5.94. The third kappa shape index (κ3) is 5.07. The largest absolute Gasteiger partial charge is 0.359 e. The number of carbonyl (C=O) groups excluding carboxylic acids is 1. The van der Waals surface area contributed by atoms with E-state index in [4.69, 9.17) is 0 Å². The number of rotatable bonds is 5. The van der Waals surface area contributed by atoms with Gasteiger partial charge in [0.25, 0.3) is 0 Å². The van der Waals surface area contributed by atoms with Crippen LogP contribution in [0.3, 0.4) is 0 Å². The number of hydrogen-bond donors (Lipinski definition) is 2. The van der Waals surface area contributed by atoms with Crippen LogP contribution < -0.4 is 10.6 Å². The minimum absolute atomic E-state index is 0.0998. The summed E-state index contributed by atoms with van der Waals surface area (Å²) >= 11 is 0. The SMILES string of the molecule is CN=C(NCCN1CCCS1(=O)=O)N1CCC(CC(=O)NC)CC1. The van der Waals surface area contributed by atoms with Gasteiger partial charge in [0.1, 0.15) is 0 Å². The Balaban J connectivity index is 1.74. The van der Waals surface area contributed by atoms with E-state index in [0.717, 1.165) is 38.3 Å². The zero-order chi connectivity index (χ0) is 17.6. The lowest BCUT2D eigenvalue weighted by Gasteiger charge is -2.34. The maximum atomic E-state index is 11.8. The van der Waals surface area contributed by atoms with Gasteiger partial charge in [0.05, 0.1) is 5.75 Å². The predicted octanol–water partition coefficient (Wildman–Crippen LogP) is -0.555. The van der Waals surface area contributed by atoms with E-state index >= 15 is 0 Å². The first kappa shape index (κ1) is 19.0. The Labute approximate surface area is 144 Å². The summed E-state index contributed by atoms with van der Waals surface area (Å²) in [6.07, 6.45) is 3.24. The van der Waals surface area contributed by atoms with Gasteiger partial charge in [-0.25, -0.2) is 12.7 Å². The third-order valence-electron chi connectivity index (χ3n) is 4.73. The number of amides is 1. The van der Waals surface area contributed by atoms with Crippen molar-refractivity contribution >= 4 is 21.9 Å². The molecule has 9 heteroatoms. The molecule has 2 saturated heterocycles. The molecule has 0 saturated carbocycles. The van der Waals surface area contributed by atoms with Crippen molar-refractivity contribution in [1.82, 2.24) is 19.8 Å². The van der Waals surface area contributed by atoms with Gasteiger partial charge in [0.2, 0.25) is 15.9 Å². The van der Waals surface area contributed by atoms with Crippen LogP contribution in [0.1, 0.15) is 25.7 Å². The average Bonchev–Trinajstić information content (AvgIpc) is 2.91. The minimum atomic E-state index is -3.04. The molecule has 0 bridgehead atoms. The Morgan fingerprint density at radius 3 is 2.50 bits per heavy atom. The van der Waals surface area contributed by atoms with Crippen LogP contribution in [0, 0.1) is 5.92 Å². The summed E-state index contributed by atoms with van der Waals surface area (Å²) in [7, 11) is 0.376. The molecule has 2 aliphatic heterocycles. The summed E-state index contributed by atoms with van der Waals surface area (Å²) in [5.41, 5.74) is 0. The van der Waals surface area contributed by atoms with Crippen LogP contribution in [0.5, 0.6) is 0 Å². The number of aliphatic imine (C=N–C) groups is 1. The van der Waals surface area contributed by atoms with Gasteiger partial charge in [-0.15, -0.1) is 0 Å². The molecule has 0 spiro atoms. The molecule has 0 unspecified atom stereocenters. The van der Waals surface area contributed by atoms with E-state index in [2.05, 4.69) is 20.5 Å². The molecule has 2 heterocycles. The van der Waals surface area contributed by atoms with Gasteiger partial charge in [-0.3, -0.25) is 9.79 Å². The standard InChI is InChI=1S/C15H29N5O3S/c1-16-14(21)12-13-4-8-19(9-5-13)15(17-2)18-6-10-20-7-3-11-24(20,22)23/h13H,3-12H2,1-2H3,(H,16,21)(H,17,18). The maximum Gasteiger partial charge on any atom is 0.220 e. The van der Waals surface area contributed by atoms with Gasteiger partial charge in [-0.1, -0.05) is 0 Å². The molecule has 0 aromatic carbocycles. The Bertz CT molecular complexity index is 555. The van der Waals surface area contributed by atoms with E-state index in [0.29, 0.717) is 32.0 Å². The fourth-order valence-corrected chi connectivity index (χ4v) is 4.81. The number of likely N-dealkylation sites (tertiary alicyclic amines) is 1. The second kappa shape index (κ2) is 8.66. The Kier molecular flexibility index (Phi) is 6.85. The van der Waals surface area contributed by atoms with E-state index in [-0.39, 0.29) is 11.7 Å². The van der Waals surface area contributed by atoms with Gasteiger partial charge in [-0.2, -0.15) is 0 Å². The lowest BCUT2D eigenvalue weighted by atomic mass is 9.93. The summed E-state index contributed by atoms with van der Waals surface area (Å²) in [4.78, 5) is 17.9. The molecule has 0 radical (unpaired) electrons. The predicted molar refractivity (Wildman–Crippen MR) is 94.3 cm³/mol. The van der Waals surface area contributed by atoms with Gasteiger partial charge >= 0.3 is 0 Å². The topological polar surface area (TPSA) is 94.1 Å². The Hall–Kier alpha value is -1.35. The van der Waals surface area contributed by atoms with E-state index in [1.807, 2.05) is 0 Å². The number of carbonyl (C=O) groups is 1. The lowest BCUT2D eigenvalue weighted by Crippen LogP contribution is -2.47. The van der Waals surface area contributed by atoms with E-state index in [1.165, 1.54) is 0 Å². The summed E-state index contributed by atoms with van der Waals surface area (Å²) in [6, 6.07) is 0. The number of guanidine groups is 1. The maximum absolute atomic E-state index is 11.8. The first-order chi connectivity index (χ1) is 11.5. The van der Waals surface area contributed by atoms with Crippen LogP contribution in [0.25, 0.3) is 0 Å². The van der Waals surface area contributed by atoms with E-state index in [9.17, 15) is 13.2 Å². The number of hydrogen-bond acceptors (Lipinski definition) is 4. The van der Waals surface area contributed by atoms with Crippen molar-refractivity contribution in [2.24, 2.45) is 10.9 Å². The average molecular weight is 359 g/mol. The van der Waals surface area contributed by atoms with Crippen molar-refractivity contribution in [2.45, 2.75) is 25.7 Å². The molecule has 1 amide bonds. The van der Waals surface area contributed by atoms with E-state index < -0.39 is 10.0 Å². The van der Waals surface area contributed by atoms with Crippen molar-refractivity contribution in [2.75, 3.05) is 52.6 Å². The van der Waals surface area contributed by atoms with Crippen molar-refractivity contribution in [3.8, 4) is 0 Å². The van der Waals surface area contributed by atoms with Crippen LogP contribution in [0.15, 0.2) is 4.99 Å². The minimum Gasteiger partial charge on any atom is -0.359 e. The summed E-state index contributed by atoms with van der Waals surface area (Å²) < 4.78 is 25.1. The first-order valence-corrected chi connectivity index (χ1v) is 10.2. The Morgan fingerprint density at radius 2 is 1.96 bits per heavy atom. The van der Waals surface area contributed by atoms with Crippen molar-refractivity contribution in [3.05, 3.63) is 0 Å². The van der Waals surface area contributed by atoms with E-state index in [1.54, 1.807) is 18.4 Å². The second-order valence-electron chi connectivity index (χ2n) is 6.35. The molecule has 2 aliphatic rings. The van der Waals surface area contributed by atoms with Gasteiger partial charge in [-0.05, 0) is 25.2 Å². The molecule has 0 atom stereocenters. The van der Waals surface area contributed by atoms with Crippen molar-refractivity contribution < 1.29 is 13.2 Å². The van der Waals surface area contributed by atoms with Crippen LogP contribution >= 0.6 is 0 Å². The molecule has 138 valence electrons. The highest BCUT2D eigenvalue weighted by Crippen LogP contribution is 2.20. The highest BCUT2D eigenvalue weighted by molar-refractivity contribution is 7.89. The fraction of sp³-hybridized carbons (Fsp3) is 0.867. The molecule has 24 heavy (non-hydrogen) atoms. The quantitative estimate of drug-likeness (QED) is 0.507. The molecule has 2 rings (SSSR count). The zero-order valence-corrected chi connectivity index (χ0v) is 15.4. The number of sulfonamides is 1. The van der Waals surface area contributed by atoms with Crippen molar-refractivity contribution in [3.63, 3.8) is 0 Å². The number of nitrogens with zero attached hydrogens (tertiary/aromatic N) is 3. The monoisotopic (exact) mass is 359 g/mol. The fourth-order valence-electron chi connectivity index (χ4n) is 3.28. The molecule has 2 N–H and O–H groups in total. The van der Waals surface area contributed by atoms with Crippen LogP contribution in [0.4, 0.5) is 0 Å². The first-order valence-electron chi connectivity index (χ1n) is 8.60. The number of piperidine rings is 1. The normalized spacial score (nSPS) is 22.6. The molecule has 0 aromatic heterocycles. The number of nitrogens with one attached hydrogen (secondary N) is 2. The zero-order valence-electron chi connectivity index (χ0n) is 14.6. The molecule has 8 nitrogen and oxygen atoms in total. The van der Waals surface area contributed by atoms with Gasteiger partial charge in [0, 0.05) is 53.2 Å².